The smallest absolute Gasteiger partial charge is 0.170 e. The molecule has 4 nitrogen and oxygen atoms in total. The average molecular weight is 421 g/mol. The minimum atomic E-state index is -0.447. The molecule has 0 bridgehead atoms. The lowest BCUT2D eigenvalue weighted by Gasteiger charge is -2.30. The molecule has 0 saturated heterocycles. The molecule has 1 aromatic carbocycles. The summed E-state index contributed by atoms with van der Waals surface area (Å²) in [5.41, 5.74) is 2.45. The first-order valence-electron chi connectivity index (χ1n) is 10.5. The zero-order chi connectivity index (χ0) is 22.2. The van der Waals surface area contributed by atoms with Crippen LogP contribution >= 0.6 is 0 Å². The molecule has 0 unspecified atom stereocenters. The monoisotopic (exact) mass is 420 g/mol. The highest BCUT2D eigenvalue weighted by atomic mass is 19.1. The SMILES string of the molecule is CC[C@@H](Cc1nc(-c2c[nH]c3ncc(F)cc23)nc(-c2ccccc2)c1F)C(C)(C)C. The normalized spacial score (nSPS) is 13.0. The highest BCUT2D eigenvalue weighted by Gasteiger charge is 2.27. The molecule has 0 fully saturated rings. The van der Waals surface area contributed by atoms with Crippen LogP contribution in [0.2, 0.25) is 0 Å². The molecule has 6 heteroatoms. The Morgan fingerprint density at radius 3 is 2.48 bits per heavy atom. The first-order valence-corrected chi connectivity index (χ1v) is 10.5. The Balaban J connectivity index is 1.92. The van der Waals surface area contributed by atoms with Crippen LogP contribution in [0.3, 0.4) is 0 Å². The van der Waals surface area contributed by atoms with E-state index in [-0.39, 0.29) is 17.0 Å². The third kappa shape index (κ3) is 4.20. The molecule has 0 aliphatic carbocycles. The van der Waals surface area contributed by atoms with Gasteiger partial charge < -0.3 is 4.98 Å². The molecule has 0 aliphatic heterocycles. The number of benzene rings is 1. The topological polar surface area (TPSA) is 54.5 Å². The number of halogens is 2. The number of fused-ring (bicyclic) bond motifs is 1. The summed E-state index contributed by atoms with van der Waals surface area (Å²) in [6, 6.07) is 10.6. The third-order valence-electron chi connectivity index (χ3n) is 5.86. The van der Waals surface area contributed by atoms with Crippen LogP contribution < -0.4 is 0 Å². The van der Waals surface area contributed by atoms with Crippen molar-refractivity contribution < 1.29 is 8.78 Å². The summed E-state index contributed by atoms with van der Waals surface area (Å²) in [5.74, 6) is -0.243. The van der Waals surface area contributed by atoms with Crippen molar-refractivity contribution in [2.45, 2.75) is 40.5 Å². The van der Waals surface area contributed by atoms with E-state index in [1.165, 1.54) is 6.07 Å². The summed E-state index contributed by atoms with van der Waals surface area (Å²) in [4.78, 5) is 16.3. The number of hydrogen-bond acceptors (Lipinski definition) is 3. The lowest BCUT2D eigenvalue weighted by atomic mass is 9.76. The molecule has 1 atom stereocenters. The second-order valence-corrected chi connectivity index (χ2v) is 8.95. The van der Waals surface area contributed by atoms with Crippen molar-refractivity contribution in [3.63, 3.8) is 0 Å². The van der Waals surface area contributed by atoms with Gasteiger partial charge in [0.2, 0.25) is 0 Å². The fraction of sp³-hybridized carbons (Fsp3) is 0.320. The molecular weight excluding hydrogens is 394 g/mol. The molecule has 3 aromatic heterocycles. The molecule has 1 N–H and O–H groups in total. The van der Waals surface area contributed by atoms with E-state index in [4.69, 9.17) is 0 Å². The minimum Gasteiger partial charge on any atom is -0.345 e. The standard InChI is InChI=1S/C25H26F2N4/c1-5-16(25(2,3)4)11-20-21(27)22(15-9-7-6-8-10-15)31-24(30-20)19-14-29-23-18(19)12-17(26)13-28-23/h6-10,12-14,16H,5,11H2,1-4H3,(H,28,29)/t16-/m0/s1. The van der Waals surface area contributed by atoms with Gasteiger partial charge >= 0.3 is 0 Å². The summed E-state index contributed by atoms with van der Waals surface area (Å²) in [7, 11) is 0. The second kappa shape index (κ2) is 8.17. The summed E-state index contributed by atoms with van der Waals surface area (Å²) >= 11 is 0. The summed E-state index contributed by atoms with van der Waals surface area (Å²) in [6.07, 6.45) is 4.26. The molecule has 4 rings (SSSR count). The van der Waals surface area contributed by atoms with Crippen molar-refractivity contribution in [2.24, 2.45) is 11.3 Å². The van der Waals surface area contributed by atoms with Gasteiger partial charge in [0, 0.05) is 22.7 Å². The van der Waals surface area contributed by atoms with Gasteiger partial charge in [0.05, 0.1) is 11.9 Å². The molecule has 0 saturated carbocycles. The number of rotatable bonds is 5. The Morgan fingerprint density at radius 1 is 1.06 bits per heavy atom. The number of aromatic amines is 1. The van der Waals surface area contributed by atoms with Crippen LogP contribution in [0.1, 0.15) is 39.8 Å². The van der Waals surface area contributed by atoms with Gasteiger partial charge in [-0.2, -0.15) is 0 Å². The molecular formula is C25H26F2N4. The fourth-order valence-electron chi connectivity index (χ4n) is 4.00. The van der Waals surface area contributed by atoms with Crippen LogP contribution in [0.5, 0.6) is 0 Å². The van der Waals surface area contributed by atoms with Crippen molar-refractivity contribution in [2.75, 3.05) is 0 Å². The van der Waals surface area contributed by atoms with E-state index >= 15 is 4.39 Å². The predicted molar refractivity (Wildman–Crippen MR) is 119 cm³/mol. The number of pyridine rings is 1. The van der Waals surface area contributed by atoms with Crippen LogP contribution in [0.25, 0.3) is 33.7 Å². The van der Waals surface area contributed by atoms with Crippen molar-refractivity contribution in [3.05, 3.63) is 66.1 Å². The van der Waals surface area contributed by atoms with Gasteiger partial charge in [0.25, 0.3) is 0 Å². The van der Waals surface area contributed by atoms with Gasteiger partial charge in [0.15, 0.2) is 11.6 Å². The van der Waals surface area contributed by atoms with Crippen molar-refractivity contribution >= 4 is 11.0 Å². The maximum atomic E-state index is 15.6. The van der Waals surface area contributed by atoms with E-state index in [2.05, 4.69) is 47.6 Å². The van der Waals surface area contributed by atoms with Crippen LogP contribution in [-0.2, 0) is 6.42 Å². The number of H-pyrrole nitrogens is 1. The Morgan fingerprint density at radius 2 is 1.81 bits per heavy atom. The van der Waals surface area contributed by atoms with Gasteiger partial charge in [-0.05, 0) is 23.8 Å². The van der Waals surface area contributed by atoms with E-state index < -0.39 is 11.6 Å². The van der Waals surface area contributed by atoms with Gasteiger partial charge in [-0.25, -0.2) is 23.7 Å². The summed E-state index contributed by atoms with van der Waals surface area (Å²) in [5, 5.41) is 0.569. The van der Waals surface area contributed by atoms with Gasteiger partial charge in [-0.1, -0.05) is 64.4 Å². The van der Waals surface area contributed by atoms with Crippen molar-refractivity contribution in [1.82, 2.24) is 19.9 Å². The Hall–Kier alpha value is -3.15. The number of nitrogens with one attached hydrogen (secondary N) is 1. The highest BCUT2D eigenvalue weighted by Crippen LogP contribution is 2.35. The fourth-order valence-corrected chi connectivity index (χ4v) is 4.00. The number of aromatic nitrogens is 4. The van der Waals surface area contributed by atoms with Crippen LogP contribution in [0.15, 0.2) is 48.8 Å². The number of hydrogen-bond donors (Lipinski definition) is 1. The third-order valence-corrected chi connectivity index (χ3v) is 5.86. The summed E-state index contributed by atoms with van der Waals surface area (Å²) < 4.78 is 29.5. The van der Waals surface area contributed by atoms with Crippen molar-refractivity contribution in [3.8, 4) is 22.6 Å². The highest BCUT2D eigenvalue weighted by molar-refractivity contribution is 5.91. The maximum Gasteiger partial charge on any atom is 0.170 e. The number of nitrogens with zero attached hydrogens (tertiary/aromatic N) is 3. The molecule has 160 valence electrons. The maximum absolute atomic E-state index is 15.6. The Bertz CT molecular complexity index is 1210. The van der Waals surface area contributed by atoms with E-state index in [0.29, 0.717) is 40.1 Å². The summed E-state index contributed by atoms with van der Waals surface area (Å²) in [6.45, 7) is 8.59. The first kappa shape index (κ1) is 21.1. The Kier molecular flexibility index (Phi) is 5.56. The second-order valence-electron chi connectivity index (χ2n) is 8.95. The van der Waals surface area contributed by atoms with Gasteiger partial charge in [-0.15, -0.1) is 0 Å². The molecule has 0 aliphatic rings. The van der Waals surface area contributed by atoms with E-state index in [1.54, 1.807) is 6.20 Å². The zero-order valence-electron chi connectivity index (χ0n) is 18.2. The minimum absolute atomic E-state index is 0.00699. The molecule has 4 aromatic rings. The largest absolute Gasteiger partial charge is 0.345 e. The van der Waals surface area contributed by atoms with Gasteiger partial charge in [0.1, 0.15) is 17.2 Å². The van der Waals surface area contributed by atoms with Gasteiger partial charge in [-0.3, -0.25) is 0 Å². The van der Waals surface area contributed by atoms with Crippen LogP contribution in [0.4, 0.5) is 8.78 Å². The molecule has 0 amide bonds. The lowest BCUT2D eigenvalue weighted by Crippen LogP contribution is -2.23. The average Bonchev–Trinajstić information content (AvgIpc) is 3.15. The first-order chi connectivity index (χ1) is 14.8. The van der Waals surface area contributed by atoms with E-state index in [0.717, 1.165) is 12.6 Å². The van der Waals surface area contributed by atoms with Crippen LogP contribution in [0, 0.1) is 23.0 Å². The predicted octanol–water partition coefficient (Wildman–Crippen LogP) is 6.58. The van der Waals surface area contributed by atoms with E-state index in [1.807, 2.05) is 30.3 Å². The quantitative estimate of drug-likeness (QED) is 0.397. The molecule has 31 heavy (non-hydrogen) atoms. The lowest BCUT2D eigenvalue weighted by molar-refractivity contribution is 0.228. The Labute approximate surface area is 180 Å². The van der Waals surface area contributed by atoms with Crippen LogP contribution in [-0.4, -0.2) is 19.9 Å². The molecule has 3 heterocycles. The molecule has 0 spiro atoms. The van der Waals surface area contributed by atoms with Crippen molar-refractivity contribution in [1.29, 1.82) is 0 Å². The van der Waals surface area contributed by atoms with E-state index in [9.17, 15) is 4.39 Å². The molecule has 0 radical (unpaired) electrons. The zero-order valence-corrected chi connectivity index (χ0v) is 18.2.